The van der Waals surface area contributed by atoms with Gasteiger partial charge < -0.3 is 4.74 Å². The lowest BCUT2D eigenvalue weighted by molar-refractivity contribution is -0.222. The van der Waals surface area contributed by atoms with Crippen LogP contribution in [0, 0.1) is 23.5 Å². The van der Waals surface area contributed by atoms with Crippen LogP contribution >= 0.6 is 0 Å². The molecule has 0 amide bonds. The molecule has 5 rings (SSSR count). The molecule has 41 heavy (non-hydrogen) atoms. The molecule has 0 N–H and O–H groups in total. The average molecular weight is 567 g/mol. The second kappa shape index (κ2) is 13.4. The second-order valence-electron chi connectivity index (χ2n) is 12.2. The molecule has 2 fully saturated rings. The van der Waals surface area contributed by atoms with Crippen molar-refractivity contribution < 1.29 is 22.3 Å². The summed E-state index contributed by atoms with van der Waals surface area (Å²) in [5, 5.41) is 0. The Kier molecular flexibility index (Phi) is 9.72. The lowest BCUT2D eigenvalue weighted by atomic mass is 9.76. The van der Waals surface area contributed by atoms with Gasteiger partial charge in [0, 0.05) is 5.56 Å². The zero-order chi connectivity index (χ0) is 28.8. The van der Waals surface area contributed by atoms with Crippen LogP contribution in [0.3, 0.4) is 0 Å². The summed E-state index contributed by atoms with van der Waals surface area (Å²) in [6.45, 7) is 2.25. The zero-order valence-electron chi connectivity index (χ0n) is 24.1. The van der Waals surface area contributed by atoms with Crippen LogP contribution in [-0.2, 0) is 0 Å². The summed E-state index contributed by atoms with van der Waals surface area (Å²) in [6, 6.07) is 18.4. The largest absolute Gasteiger partial charge is 0.432 e. The van der Waals surface area contributed by atoms with Gasteiger partial charge in [-0.3, -0.25) is 0 Å². The third-order valence-corrected chi connectivity index (χ3v) is 9.49. The first-order valence-electron chi connectivity index (χ1n) is 15.5. The maximum Gasteiger partial charge on any atom is 0.400 e. The van der Waals surface area contributed by atoms with E-state index in [4.69, 9.17) is 4.74 Å². The number of unbranched alkanes of at least 4 members (excludes halogenated alkanes) is 2. The summed E-state index contributed by atoms with van der Waals surface area (Å²) in [6.07, 6.45) is 8.72. The van der Waals surface area contributed by atoms with Gasteiger partial charge in [-0.05, 0) is 116 Å². The minimum Gasteiger partial charge on any atom is -0.432 e. The number of rotatable bonds is 10. The van der Waals surface area contributed by atoms with Crippen molar-refractivity contribution in [3.63, 3.8) is 0 Å². The lowest BCUT2D eigenvalue weighted by Crippen LogP contribution is -2.37. The van der Waals surface area contributed by atoms with Crippen LogP contribution < -0.4 is 4.74 Å². The predicted octanol–water partition coefficient (Wildman–Crippen LogP) is 11.4. The topological polar surface area (TPSA) is 9.23 Å². The minimum atomic E-state index is -3.30. The fourth-order valence-electron chi connectivity index (χ4n) is 6.93. The molecule has 220 valence electrons. The number of hydrogen-bond donors (Lipinski definition) is 0. The molecule has 2 saturated carbocycles. The molecule has 0 heterocycles. The van der Waals surface area contributed by atoms with Gasteiger partial charge in [0.05, 0.1) is 5.92 Å². The molecule has 2 aliphatic carbocycles. The van der Waals surface area contributed by atoms with Crippen LogP contribution in [-0.4, -0.2) is 6.11 Å². The van der Waals surface area contributed by atoms with Crippen LogP contribution in [0.5, 0.6) is 5.75 Å². The van der Waals surface area contributed by atoms with Crippen molar-refractivity contribution in [1.29, 1.82) is 0 Å². The molecule has 3 aromatic carbocycles. The van der Waals surface area contributed by atoms with Crippen LogP contribution in [0.1, 0.15) is 107 Å². The van der Waals surface area contributed by atoms with Crippen molar-refractivity contribution >= 4 is 0 Å². The van der Waals surface area contributed by atoms with E-state index in [0.717, 1.165) is 47.6 Å². The van der Waals surface area contributed by atoms with E-state index in [1.807, 2.05) is 30.3 Å². The first-order valence-corrected chi connectivity index (χ1v) is 15.5. The summed E-state index contributed by atoms with van der Waals surface area (Å²) in [5.41, 5.74) is 3.66. The molecule has 3 aromatic rings. The SMILES string of the molecule is CCCCCC1CCC(c2ccc(-c3ccc(C4CCC(C(F)(F)Oc5ccc(F)cc5)CC4)cc3)c(F)c2)CC1. The van der Waals surface area contributed by atoms with E-state index in [-0.39, 0.29) is 17.5 Å². The van der Waals surface area contributed by atoms with Gasteiger partial charge in [-0.1, -0.05) is 69.0 Å². The van der Waals surface area contributed by atoms with Crippen LogP contribution in [0.15, 0.2) is 66.7 Å². The molecule has 2 aliphatic rings. The fraction of sp³-hybridized carbons (Fsp3) is 0.500. The van der Waals surface area contributed by atoms with Crippen LogP contribution in [0.2, 0.25) is 0 Å². The molecular weight excluding hydrogens is 524 g/mol. The number of benzene rings is 3. The predicted molar refractivity (Wildman–Crippen MR) is 157 cm³/mol. The van der Waals surface area contributed by atoms with E-state index in [0.29, 0.717) is 37.2 Å². The molecule has 0 unspecified atom stereocenters. The van der Waals surface area contributed by atoms with Crippen LogP contribution in [0.4, 0.5) is 17.6 Å². The van der Waals surface area contributed by atoms with Gasteiger partial charge in [0.25, 0.3) is 0 Å². The van der Waals surface area contributed by atoms with E-state index >= 15 is 4.39 Å². The van der Waals surface area contributed by atoms with Crippen molar-refractivity contribution in [2.24, 2.45) is 11.8 Å². The molecule has 0 atom stereocenters. The Balaban J connectivity index is 1.14. The van der Waals surface area contributed by atoms with Crippen LogP contribution in [0.25, 0.3) is 11.1 Å². The van der Waals surface area contributed by atoms with E-state index in [1.54, 1.807) is 6.07 Å². The third kappa shape index (κ3) is 7.53. The molecule has 0 saturated heterocycles. The Morgan fingerprint density at radius 1 is 0.707 bits per heavy atom. The third-order valence-electron chi connectivity index (χ3n) is 9.49. The second-order valence-corrected chi connectivity index (χ2v) is 12.2. The van der Waals surface area contributed by atoms with Crippen molar-refractivity contribution in [3.05, 3.63) is 89.5 Å². The highest BCUT2D eigenvalue weighted by Crippen LogP contribution is 2.44. The summed E-state index contributed by atoms with van der Waals surface area (Å²) < 4.78 is 62.8. The molecule has 0 bridgehead atoms. The molecular formula is C36H42F4O. The van der Waals surface area contributed by atoms with Gasteiger partial charge in [-0.25, -0.2) is 8.78 Å². The maximum atomic E-state index is 15.3. The van der Waals surface area contributed by atoms with E-state index < -0.39 is 17.8 Å². The smallest absolute Gasteiger partial charge is 0.400 e. The van der Waals surface area contributed by atoms with Crippen molar-refractivity contribution in [3.8, 4) is 16.9 Å². The molecule has 5 heteroatoms. The summed E-state index contributed by atoms with van der Waals surface area (Å²) in [4.78, 5) is 0. The molecule has 0 aliphatic heterocycles. The number of hydrogen-bond acceptors (Lipinski definition) is 1. The van der Waals surface area contributed by atoms with Crippen molar-refractivity contribution in [2.45, 2.75) is 102 Å². The van der Waals surface area contributed by atoms with Gasteiger partial charge >= 0.3 is 6.11 Å². The Hall–Kier alpha value is -2.82. The normalized spacial score (nSPS) is 23.3. The molecule has 0 aromatic heterocycles. The van der Waals surface area contributed by atoms with E-state index in [1.165, 1.54) is 50.7 Å². The zero-order valence-corrected chi connectivity index (χ0v) is 24.1. The van der Waals surface area contributed by atoms with E-state index in [9.17, 15) is 13.2 Å². The summed E-state index contributed by atoms with van der Waals surface area (Å²) in [7, 11) is 0. The quantitative estimate of drug-likeness (QED) is 0.175. The van der Waals surface area contributed by atoms with E-state index in [2.05, 4.69) is 13.0 Å². The molecule has 1 nitrogen and oxygen atoms in total. The number of alkyl halides is 2. The van der Waals surface area contributed by atoms with Gasteiger partial charge in [-0.2, -0.15) is 8.78 Å². The minimum absolute atomic E-state index is 0.0282. The lowest BCUT2D eigenvalue weighted by Gasteiger charge is -2.33. The average Bonchev–Trinajstić information content (AvgIpc) is 2.99. The van der Waals surface area contributed by atoms with Gasteiger partial charge in [0.15, 0.2) is 0 Å². The Bertz CT molecular complexity index is 1240. The van der Waals surface area contributed by atoms with Gasteiger partial charge in [0.2, 0.25) is 0 Å². The monoisotopic (exact) mass is 566 g/mol. The Morgan fingerprint density at radius 3 is 1.95 bits per heavy atom. The van der Waals surface area contributed by atoms with Crippen molar-refractivity contribution in [1.82, 2.24) is 0 Å². The van der Waals surface area contributed by atoms with Crippen molar-refractivity contribution in [2.75, 3.05) is 0 Å². The first kappa shape index (κ1) is 29.7. The number of halogens is 4. The fourth-order valence-corrected chi connectivity index (χ4v) is 6.93. The highest BCUT2D eigenvalue weighted by atomic mass is 19.3. The molecule has 0 radical (unpaired) electrons. The standard InChI is InChI=1S/C36H42F4O/c1-2-3-4-5-25-6-8-28(9-7-25)30-16-23-34(35(38)24-30)29-12-10-26(11-13-29)27-14-17-31(18-15-27)36(39,40)41-33-21-19-32(37)20-22-33/h10-13,16,19-25,27-28,31H,2-9,14-15,17-18H2,1H3. The van der Waals surface area contributed by atoms with Gasteiger partial charge in [-0.15, -0.1) is 0 Å². The Labute approximate surface area is 242 Å². The summed E-state index contributed by atoms with van der Waals surface area (Å²) in [5.74, 6) is -0.104. The number of ether oxygens (including phenoxy) is 1. The Morgan fingerprint density at radius 2 is 1.32 bits per heavy atom. The molecule has 0 spiro atoms. The first-order chi connectivity index (χ1) is 19.8. The highest BCUT2D eigenvalue weighted by Gasteiger charge is 2.44. The van der Waals surface area contributed by atoms with Gasteiger partial charge in [0.1, 0.15) is 17.4 Å². The highest BCUT2D eigenvalue weighted by molar-refractivity contribution is 5.65. The maximum absolute atomic E-state index is 15.3. The summed E-state index contributed by atoms with van der Waals surface area (Å²) >= 11 is 0.